The number of benzene rings is 1. The molecule has 19 heavy (non-hydrogen) atoms. The minimum Gasteiger partial charge on any atom is -0.391 e. The van der Waals surface area contributed by atoms with Gasteiger partial charge in [0.05, 0.1) is 6.10 Å². The highest BCUT2D eigenvalue weighted by molar-refractivity contribution is 5.55. The lowest BCUT2D eigenvalue weighted by molar-refractivity contribution is 0.103. The molecule has 1 fully saturated rings. The molecule has 2 rings (SSSR count). The van der Waals surface area contributed by atoms with E-state index in [1.807, 2.05) is 7.05 Å². The molecule has 2 N–H and O–H groups in total. The van der Waals surface area contributed by atoms with E-state index < -0.39 is 0 Å². The van der Waals surface area contributed by atoms with Crippen molar-refractivity contribution in [2.45, 2.75) is 38.8 Å². The van der Waals surface area contributed by atoms with Gasteiger partial charge in [0.25, 0.3) is 0 Å². The third kappa shape index (κ3) is 3.10. The summed E-state index contributed by atoms with van der Waals surface area (Å²) >= 11 is 0. The van der Waals surface area contributed by atoms with Crippen LogP contribution in [-0.4, -0.2) is 31.3 Å². The second-order valence-electron chi connectivity index (χ2n) is 5.59. The molecule has 0 aromatic heterocycles. The molecule has 3 nitrogen and oxygen atoms in total. The zero-order valence-electron chi connectivity index (χ0n) is 12.3. The molecule has 0 saturated carbocycles. The Hall–Kier alpha value is -1.06. The number of nitrogens with zero attached hydrogens (tertiary/aromatic N) is 1. The normalized spacial score (nSPS) is 25.4. The van der Waals surface area contributed by atoms with E-state index in [4.69, 9.17) is 0 Å². The highest BCUT2D eigenvalue weighted by Gasteiger charge is 2.26. The lowest BCUT2D eigenvalue weighted by Gasteiger charge is -2.37. The quantitative estimate of drug-likeness (QED) is 0.875. The van der Waals surface area contributed by atoms with E-state index in [-0.39, 0.29) is 6.10 Å². The third-order valence-corrected chi connectivity index (χ3v) is 4.33. The summed E-state index contributed by atoms with van der Waals surface area (Å²) in [5, 5.41) is 13.5. The predicted molar refractivity (Wildman–Crippen MR) is 80.5 cm³/mol. The van der Waals surface area contributed by atoms with Crippen LogP contribution in [0.25, 0.3) is 0 Å². The molecule has 1 saturated heterocycles. The van der Waals surface area contributed by atoms with Crippen LogP contribution in [0.1, 0.15) is 38.3 Å². The largest absolute Gasteiger partial charge is 0.391 e. The number of piperidine rings is 1. The van der Waals surface area contributed by atoms with Gasteiger partial charge in [-0.25, -0.2) is 0 Å². The monoisotopic (exact) mass is 262 g/mol. The molecule has 3 unspecified atom stereocenters. The summed E-state index contributed by atoms with van der Waals surface area (Å²) in [6.07, 6.45) is 1.92. The van der Waals surface area contributed by atoms with Gasteiger partial charge in [0.2, 0.25) is 0 Å². The summed E-state index contributed by atoms with van der Waals surface area (Å²) in [5.74, 6) is 0.412. The summed E-state index contributed by atoms with van der Waals surface area (Å²) in [4.78, 5) is 2.33. The summed E-state index contributed by atoms with van der Waals surface area (Å²) in [6.45, 7) is 6.12. The van der Waals surface area contributed by atoms with Crippen LogP contribution in [0.15, 0.2) is 24.3 Å². The first kappa shape index (κ1) is 14.4. The van der Waals surface area contributed by atoms with Crippen LogP contribution in [0.3, 0.4) is 0 Å². The molecule has 0 radical (unpaired) electrons. The fourth-order valence-corrected chi connectivity index (χ4v) is 2.92. The van der Waals surface area contributed by atoms with Crippen LogP contribution in [0.4, 0.5) is 5.69 Å². The van der Waals surface area contributed by atoms with E-state index >= 15 is 0 Å². The molecular formula is C16H26N2O. The highest BCUT2D eigenvalue weighted by atomic mass is 16.3. The number of hydrogen-bond acceptors (Lipinski definition) is 3. The van der Waals surface area contributed by atoms with Crippen molar-refractivity contribution in [2.75, 3.05) is 25.0 Å². The third-order valence-electron chi connectivity index (χ3n) is 4.33. The molecule has 1 aromatic carbocycles. The van der Waals surface area contributed by atoms with E-state index in [1.54, 1.807) is 0 Å². The minimum absolute atomic E-state index is 0.212. The molecule has 3 atom stereocenters. The number of nitrogens with one attached hydrogen (secondary N) is 1. The standard InChI is InChI=1S/C16H26N2O/c1-4-14(17-3)13-7-5-6-8-15(13)18-10-9-12(2)16(19)11-18/h5-8,12,14,16-17,19H,4,9-11H2,1-3H3. The van der Waals surface area contributed by atoms with Crippen molar-refractivity contribution in [1.29, 1.82) is 0 Å². The Balaban J connectivity index is 2.24. The van der Waals surface area contributed by atoms with E-state index in [0.717, 1.165) is 25.9 Å². The number of β-amino-alcohol motifs (C(OH)–C–C–N with tert-alkyl or cyclic N) is 1. The fraction of sp³-hybridized carbons (Fsp3) is 0.625. The minimum atomic E-state index is -0.212. The molecule has 1 aromatic rings. The van der Waals surface area contributed by atoms with Crippen LogP contribution < -0.4 is 10.2 Å². The molecule has 0 bridgehead atoms. The van der Waals surface area contributed by atoms with Gasteiger partial charge in [-0.2, -0.15) is 0 Å². The molecule has 3 heteroatoms. The number of para-hydroxylation sites is 1. The number of anilines is 1. The predicted octanol–water partition coefficient (Wildman–Crippen LogP) is 2.56. The maximum absolute atomic E-state index is 10.1. The van der Waals surface area contributed by atoms with Crippen molar-refractivity contribution in [2.24, 2.45) is 5.92 Å². The maximum Gasteiger partial charge on any atom is 0.0741 e. The molecule has 1 aliphatic heterocycles. The summed E-state index contributed by atoms with van der Waals surface area (Å²) in [6, 6.07) is 8.95. The Kier molecular flexibility index (Phi) is 4.83. The Morgan fingerprint density at radius 2 is 2.16 bits per heavy atom. The molecule has 0 amide bonds. The fourth-order valence-electron chi connectivity index (χ4n) is 2.92. The maximum atomic E-state index is 10.1. The van der Waals surface area contributed by atoms with Gasteiger partial charge in [0.15, 0.2) is 0 Å². The van der Waals surface area contributed by atoms with Crippen LogP contribution in [0, 0.1) is 5.92 Å². The summed E-state index contributed by atoms with van der Waals surface area (Å²) in [7, 11) is 2.01. The number of aliphatic hydroxyl groups is 1. The average Bonchev–Trinajstić information content (AvgIpc) is 2.44. The van der Waals surface area contributed by atoms with Gasteiger partial charge in [-0.15, -0.1) is 0 Å². The molecule has 1 heterocycles. The molecule has 0 spiro atoms. The van der Waals surface area contributed by atoms with Gasteiger partial charge in [-0.05, 0) is 37.4 Å². The van der Waals surface area contributed by atoms with Crippen molar-refractivity contribution in [3.05, 3.63) is 29.8 Å². The van der Waals surface area contributed by atoms with Gasteiger partial charge in [0, 0.05) is 24.8 Å². The van der Waals surface area contributed by atoms with Crippen LogP contribution >= 0.6 is 0 Å². The SMILES string of the molecule is CCC(NC)c1ccccc1N1CCC(C)C(O)C1. The first-order chi connectivity index (χ1) is 9.17. The van der Waals surface area contributed by atoms with Crippen LogP contribution in [-0.2, 0) is 0 Å². The summed E-state index contributed by atoms with van der Waals surface area (Å²) in [5.41, 5.74) is 2.61. The van der Waals surface area contributed by atoms with Crippen LogP contribution in [0.5, 0.6) is 0 Å². The van der Waals surface area contributed by atoms with E-state index in [2.05, 4.69) is 48.3 Å². The van der Waals surface area contributed by atoms with Crippen molar-refractivity contribution in [1.82, 2.24) is 5.32 Å². The number of aliphatic hydroxyl groups excluding tert-OH is 1. The Morgan fingerprint density at radius 1 is 1.42 bits per heavy atom. The van der Waals surface area contributed by atoms with Crippen molar-refractivity contribution < 1.29 is 5.11 Å². The van der Waals surface area contributed by atoms with Gasteiger partial charge in [0.1, 0.15) is 0 Å². The Morgan fingerprint density at radius 3 is 2.79 bits per heavy atom. The first-order valence-electron chi connectivity index (χ1n) is 7.36. The van der Waals surface area contributed by atoms with Gasteiger partial charge in [-0.3, -0.25) is 0 Å². The smallest absolute Gasteiger partial charge is 0.0741 e. The lowest BCUT2D eigenvalue weighted by atomic mass is 9.94. The second kappa shape index (κ2) is 6.40. The topological polar surface area (TPSA) is 35.5 Å². The summed E-state index contributed by atoms with van der Waals surface area (Å²) < 4.78 is 0. The molecule has 1 aliphatic rings. The molecular weight excluding hydrogens is 236 g/mol. The van der Waals surface area contributed by atoms with E-state index in [1.165, 1.54) is 11.3 Å². The second-order valence-corrected chi connectivity index (χ2v) is 5.59. The zero-order valence-corrected chi connectivity index (χ0v) is 12.3. The zero-order chi connectivity index (χ0) is 13.8. The van der Waals surface area contributed by atoms with Crippen molar-refractivity contribution in [3.8, 4) is 0 Å². The van der Waals surface area contributed by atoms with E-state index in [0.29, 0.717) is 12.0 Å². The Bertz CT molecular complexity index is 403. The Labute approximate surface area is 116 Å². The van der Waals surface area contributed by atoms with Gasteiger partial charge < -0.3 is 15.3 Å². The van der Waals surface area contributed by atoms with Crippen LogP contribution in [0.2, 0.25) is 0 Å². The van der Waals surface area contributed by atoms with E-state index in [9.17, 15) is 5.11 Å². The van der Waals surface area contributed by atoms with Crippen molar-refractivity contribution >= 4 is 5.69 Å². The number of hydrogen-bond donors (Lipinski definition) is 2. The highest BCUT2D eigenvalue weighted by Crippen LogP contribution is 2.31. The number of rotatable bonds is 4. The van der Waals surface area contributed by atoms with Crippen molar-refractivity contribution in [3.63, 3.8) is 0 Å². The molecule has 106 valence electrons. The van der Waals surface area contributed by atoms with Gasteiger partial charge >= 0.3 is 0 Å². The lowest BCUT2D eigenvalue weighted by Crippen LogP contribution is -2.43. The average molecular weight is 262 g/mol. The van der Waals surface area contributed by atoms with Gasteiger partial charge in [-0.1, -0.05) is 32.0 Å². The first-order valence-corrected chi connectivity index (χ1v) is 7.36. The molecule has 0 aliphatic carbocycles.